The van der Waals surface area contributed by atoms with Crippen LogP contribution in [0.5, 0.6) is 11.5 Å². The number of benzene rings is 1. The van der Waals surface area contributed by atoms with Gasteiger partial charge in [-0.05, 0) is 49.1 Å². The average Bonchev–Trinajstić information content (AvgIpc) is 2.66. The quantitative estimate of drug-likeness (QED) is 0.244. The van der Waals surface area contributed by atoms with Gasteiger partial charge in [-0.15, -0.1) is 0 Å². The molecule has 4 nitrogen and oxygen atoms in total. The van der Waals surface area contributed by atoms with Crippen LogP contribution in [0.15, 0.2) is 18.2 Å². The van der Waals surface area contributed by atoms with Crippen molar-refractivity contribution in [2.45, 2.75) is 85.2 Å². The molecule has 0 saturated heterocycles. The first-order valence-electron chi connectivity index (χ1n) is 10.9. The molecule has 0 spiro atoms. The lowest BCUT2D eigenvalue weighted by atomic mass is 9.83. The van der Waals surface area contributed by atoms with Crippen molar-refractivity contribution in [2.75, 3.05) is 14.2 Å². The zero-order valence-electron chi connectivity index (χ0n) is 19.4. The van der Waals surface area contributed by atoms with Crippen LogP contribution in [0.4, 0.5) is 0 Å². The summed E-state index contributed by atoms with van der Waals surface area (Å²) in [6.45, 7) is 11.1. The van der Waals surface area contributed by atoms with Crippen molar-refractivity contribution in [3.05, 3.63) is 23.8 Å². The molecule has 0 bridgehead atoms. The molecule has 0 heterocycles. The summed E-state index contributed by atoms with van der Waals surface area (Å²) >= 11 is 0. The van der Waals surface area contributed by atoms with Crippen molar-refractivity contribution < 1.29 is 18.8 Å². The van der Waals surface area contributed by atoms with Crippen LogP contribution in [0.3, 0.4) is 0 Å². The Morgan fingerprint density at radius 2 is 1.66 bits per heavy atom. The molecule has 0 aliphatic heterocycles. The summed E-state index contributed by atoms with van der Waals surface area (Å²) in [6, 6.07) is 5.21. The fourth-order valence-corrected chi connectivity index (χ4v) is 5.81. The molecule has 0 N–H and O–H groups in total. The van der Waals surface area contributed by atoms with Gasteiger partial charge in [0, 0.05) is 0 Å². The molecule has 0 fully saturated rings. The molecule has 0 aliphatic rings. The number of hydrogen-bond donors (Lipinski definition) is 0. The molecule has 0 radical (unpaired) electrons. The molecule has 164 valence electrons. The molecule has 0 aliphatic carbocycles. The normalized spacial score (nSPS) is 14.2. The predicted molar refractivity (Wildman–Crippen MR) is 122 cm³/mol. The minimum absolute atomic E-state index is 0.110. The Kier molecular flexibility index (Phi) is 10.9. The largest absolute Gasteiger partial charge is 0.496 e. The van der Waals surface area contributed by atoms with Gasteiger partial charge >= 0.3 is 13.3 Å². The number of hydrogen-bond acceptors (Lipinski definition) is 4. The van der Waals surface area contributed by atoms with Crippen LogP contribution in [0.2, 0.25) is 0 Å². The zero-order valence-corrected chi connectivity index (χ0v) is 20.3. The molecule has 5 heteroatoms. The molecule has 1 aromatic rings. The highest BCUT2D eigenvalue weighted by atomic mass is 31.1. The van der Waals surface area contributed by atoms with E-state index in [2.05, 4.69) is 34.6 Å². The summed E-state index contributed by atoms with van der Waals surface area (Å²) < 4.78 is 24.2. The molecule has 1 rings (SSSR count). The van der Waals surface area contributed by atoms with Gasteiger partial charge in [-0.25, -0.2) is 4.79 Å². The second kappa shape index (κ2) is 12.3. The lowest BCUT2D eigenvalue weighted by Gasteiger charge is -2.24. The van der Waals surface area contributed by atoms with E-state index in [0.29, 0.717) is 23.0 Å². The van der Waals surface area contributed by atoms with Gasteiger partial charge in [0.05, 0.1) is 14.2 Å². The summed E-state index contributed by atoms with van der Waals surface area (Å²) in [6.07, 6.45) is 7.15. The molecule has 29 heavy (non-hydrogen) atoms. The maximum absolute atomic E-state index is 13.4. The smallest absolute Gasteiger partial charge is 0.423 e. The van der Waals surface area contributed by atoms with Gasteiger partial charge < -0.3 is 9.47 Å². The third-order valence-corrected chi connectivity index (χ3v) is 6.96. The van der Waals surface area contributed by atoms with Crippen molar-refractivity contribution in [1.82, 2.24) is 0 Å². The highest BCUT2D eigenvalue weighted by Crippen LogP contribution is 2.44. The summed E-state index contributed by atoms with van der Waals surface area (Å²) in [5.74, 6) is 1.26. The number of carbonyl (C=O) groups excluding carboxylic acids is 1. The van der Waals surface area contributed by atoms with Crippen molar-refractivity contribution in [2.24, 2.45) is 11.3 Å². The first-order valence-corrected chi connectivity index (χ1v) is 12.2. The van der Waals surface area contributed by atoms with Gasteiger partial charge in [-0.2, -0.15) is 0 Å². The summed E-state index contributed by atoms with van der Waals surface area (Å²) in [4.78, 5) is 13.3. The lowest BCUT2D eigenvalue weighted by molar-refractivity contribution is 0.107. The third kappa shape index (κ3) is 8.46. The highest BCUT2D eigenvalue weighted by Gasteiger charge is 2.42. The number of ether oxygens (including phenoxy) is 2. The van der Waals surface area contributed by atoms with Gasteiger partial charge in [-0.3, -0.25) is 0 Å². The topological polar surface area (TPSA) is 52.6 Å². The summed E-state index contributed by atoms with van der Waals surface area (Å²) in [5.41, 5.74) is 0.0629. The Bertz CT molecular complexity index is 641. The highest BCUT2D eigenvalue weighted by molar-refractivity contribution is 7.65. The van der Waals surface area contributed by atoms with Crippen LogP contribution in [-0.4, -0.2) is 25.4 Å². The van der Waals surface area contributed by atoms with Gasteiger partial charge in [0.1, 0.15) is 11.5 Å². The minimum Gasteiger partial charge on any atom is -0.496 e. The maximum atomic E-state index is 13.4. The van der Waals surface area contributed by atoms with E-state index in [1.54, 1.807) is 18.2 Å². The van der Waals surface area contributed by atoms with Crippen LogP contribution >= 0.6 is 7.80 Å². The van der Waals surface area contributed by atoms with Crippen LogP contribution in [0, 0.1) is 11.3 Å². The van der Waals surface area contributed by atoms with Crippen LogP contribution in [0.25, 0.3) is 0 Å². The number of methoxy groups -OCH3 is 2. The van der Waals surface area contributed by atoms with E-state index in [4.69, 9.17) is 9.47 Å². The fourth-order valence-electron chi connectivity index (χ4n) is 4.07. The standard InChI is InChI=1S/C24H40O4P/c1-8-9-10-11-13-19(16-18(2)17-24(3,4)5)29(26)23(25)22-20(27-6)14-12-15-21(22)28-7/h12,14-15,18-19H,8-11,13,16-17H2,1-7H3/q+1. The Morgan fingerprint density at radius 1 is 1.07 bits per heavy atom. The first-order chi connectivity index (χ1) is 13.6. The molecular formula is C24H40O4P+. The zero-order chi connectivity index (χ0) is 22.0. The molecule has 0 amide bonds. The monoisotopic (exact) mass is 423 g/mol. The van der Waals surface area contributed by atoms with Crippen LogP contribution < -0.4 is 9.47 Å². The Labute approximate surface area is 178 Å². The third-order valence-electron chi connectivity index (χ3n) is 5.20. The van der Waals surface area contributed by atoms with Crippen molar-refractivity contribution in [3.63, 3.8) is 0 Å². The Morgan fingerprint density at radius 3 is 2.14 bits per heavy atom. The summed E-state index contributed by atoms with van der Waals surface area (Å²) in [7, 11) is 0.971. The number of unbranched alkanes of at least 4 members (excludes halogenated alkanes) is 3. The second-order valence-corrected chi connectivity index (χ2v) is 11.1. The molecule has 0 aromatic heterocycles. The van der Waals surface area contributed by atoms with E-state index in [9.17, 15) is 9.36 Å². The van der Waals surface area contributed by atoms with E-state index in [1.165, 1.54) is 20.6 Å². The van der Waals surface area contributed by atoms with E-state index in [-0.39, 0.29) is 16.6 Å². The van der Waals surface area contributed by atoms with Gasteiger partial charge in [0.25, 0.3) is 0 Å². The molecule has 1 aromatic carbocycles. The molecular weight excluding hydrogens is 383 g/mol. The van der Waals surface area contributed by atoms with Gasteiger partial charge in [-0.1, -0.05) is 64.5 Å². The Balaban J connectivity index is 3.07. The van der Waals surface area contributed by atoms with Crippen LogP contribution in [-0.2, 0) is 4.57 Å². The molecule has 3 unspecified atom stereocenters. The average molecular weight is 424 g/mol. The van der Waals surface area contributed by atoms with Crippen molar-refractivity contribution >= 4 is 13.3 Å². The molecule has 0 saturated carbocycles. The number of rotatable bonds is 13. The second-order valence-electron chi connectivity index (χ2n) is 9.28. The van der Waals surface area contributed by atoms with Gasteiger partial charge in [0.15, 0.2) is 11.2 Å². The van der Waals surface area contributed by atoms with E-state index >= 15 is 0 Å². The van der Waals surface area contributed by atoms with E-state index in [0.717, 1.165) is 38.5 Å². The predicted octanol–water partition coefficient (Wildman–Crippen LogP) is 7.47. The van der Waals surface area contributed by atoms with E-state index in [1.807, 2.05) is 0 Å². The van der Waals surface area contributed by atoms with Crippen molar-refractivity contribution in [1.29, 1.82) is 0 Å². The summed E-state index contributed by atoms with van der Waals surface area (Å²) in [5, 5.41) is 0. The molecule has 3 atom stereocenters. The van der Waals surface area contributed by atoms with E-state index < -0.39 is 7.80 Å². The van der Waals surface area contributed by atoms with Crippen LogP contribution in [0.1, 0.15) is 89.9 Å². The Hall–Kier alpha value is -1.41. The van der Waals surface area contributed by atoms with Gasteiger partial charge in [0.2, 0.25) is 0 Å². The first kappa shape index (κ1) is 25.6. The SMILES string of the molecule is CCCCCCC(CC(C)CC(C)(C)C)[P+](=O)C(=O)c1c(OC)cccc1OC. The fraction of sp³-hybridized carbons (Fsp3) is 0.708. The van der Waals surface area contributed by atoms with Crippen molar-refractivity contribution in [3.8, 4) is 11.5 Å². The minimum atomic E-state index is -2.07. The maximum Gasteiger partial charge on any atom is 0.423 e. The number of carbonyl (C=O) groups is 1. The lowest BCUT2D eigenvalue weighted by Crippen LogP contribution is -2.17.